The van der Waals surface area contributed by atoms with Crippen LogP contribution in [0.1, 0.15) is 0 Å². The van der Waals surface area contributed by atoms with Gasteiger partial charge in [0.05, 0.1) is 16.6 Å². The maximum absolute atomic E-state index is 2.45. The summed E-state index contributed by atoms with van der Waals surface area (Å²) in [6, 6.07) is 55.0. The van der Waals surface area contributed by atoms with Gasteiger partial charge >= 0.3 is 0 Å². The first-order valence-electron chi connectivity index (χ1n) is 14.5. The van der Waals surface area contributed by atoms with E-state index in [9.17, 15) is 0 Å². The van der Waals surface area contributed by atoms with E-state index < -0.39 is 0 Å². The molecule has 2 aromatic heterocycles. The van der Waals surface area contributed by atoms with Crippen LogP contribution < -0.4 is 0 Å². The highest BCUT2D eigenvalue weighted by atomic mass is 15.0. The van der Waals surface area contributed by atoms with E-state index in [0.29, 0.717) is 0 Å². The Morgan fingerprint density at radius 2 is 0.976 bits per heavy atom. The third kappa shape index (κ3) is 3.33. The number of hydrogen-bond acceptors (Lipinski definition) is 0. The second-order valence-corrected chi connectivity index (χ2v) is 11.0. The smallest absolute Gasteiger partial charge is 0.0625 e. The molecule has 2 heteroatoms. The number of hydrogen-bond donors (Lipinski definition) is 0. The molecule has 2 nitrogen and oxygen atoms in total. The highest BCUT2D eigenvalue weighted by Gasteiger charge is 2.19. The molecule has 0 atom stereocenters. The van der Waals surface area contributed by atoms with Crippen LogP contribution >= 0.6 is 0 Å². The summed E-state index contributed by atoms with van der Waals surface area (Å²) in [5.74, 6) is 0. The van der Waals surface area contributed by atoms with E-state index in [1.165, 1.54) is 76.8 Å². The molecule has 9 aromatic rings. The number of fused-ring (bicyclic) bond motifs is 9. The lowest BCUT2D eigenvalue weighted by atomic mass is 9.95. The van der Waals surface area contributed by atoms with Crippen LogP contribution in [0.3, 0.4) is 0 Å². The fraction of sp³-hybridized carbons (Fsp3) is 0. The molecule has 0 fully saturated rings. The zero-order chi connectivity index (χ0) is 27.6. The molecular weight excluding hydrogens is 508 g/mol. The first-order chi connectivity index (χ1) is 20.8. The molecule has 0 amide bonds. The summed E-state index contributed by atoms with van der Waals surface area (Å²) >= 11 is 0. The molecule has 196 valence electrons. The predicted molar refractivity (Wildman–Crippen MR) is 178 cm³/mol. The Kier molecular flexibility index (Phi) is 4.93. The maximum atomic E-state index is 2.45. The van der Waals surface area contributed by atoms with E-state index in [1.54, 1.807) is 0 Å². The summed E-state index contributed by atoms with van der Waals surface area (Å²) in [7, 11) is 0. The highest BCUT2D eigenvalue weighted by Crippen LogP contribution is 2.43. The average molecular weight is 535 g/mol. The lowest BCUT2D eigenvalue weighted by Gasteiger charge is -2.12. The minimum atomic E-state index is 1.17. The van der Waals surface area contributed by atoms with Crippen LogP contribution in [0.25, 0.3) is 76.8 Å². The maximum Gasteiger partial charge on any atom is 0.0625 e. The van der Waals surface area contributed by atoms with Crippen molar-refractivity contribution in [2.45, 2.75) is 0 Å². The number of nitrogens with zero attached hydrogens (tertiary/aromatic N) is 2. The van der Waals surface area contributed by atoms with Gasteiger partial charge in [-0.15, -0.1) is 0 Å². The van der Waals surface area contributed by atoms with E-state index in [4.69, 9.17) is 0 Å². The van der Waals surface area contributed by atoms with Crippen LogP contribution in [0.15, 0.2) is 158 Å². The van der Waals surface area contributed by atoms with E-state index in [1.807, 2.05) is 0 Å². The number of aromatic nitrogens is 2. The molecule has 0 aliphatic heterocycles. The molecule has 7 aromatic carbocycles. The van der Waals surface area contributed by atoms with E-state index >= 15 is 0 Å². The normalized spacial score (nSPS) is 11.8. The fourth-order valence-electron chi connectivity index (χ4n) is 6.83. The number of para-hydroxylation sites is 2. The summed E-state index contributed by atoms with van der Waals surface area (Å²) in [5, 5.41) is 8.95. The highest BCUT2D eigenvalue weighted by molar-refractivity contribution is 6.32. The first-order valence-corrected chi connectivity index (χ1v) is 14.5. The topological polar surface area (TPSA) is 9.86 Å². The van der Waals surface area contributed by atoms with E-state index in [2.05, 4.69) is 167 Å². The van der Waals surface area contributed by atoms with E-state index in [0.717, 1.165) is 0 Å². The predicted octanol–water partition coefficient (Wildman–Crippen LogP) is 10.7. The molecule has 0 unspecified atom stereocenters. The van der Waals surface area contributed by atoms with Crippen molar-refractivity contribution in [1.29, 1.82) is 0 Å². The lowest BCUT2D eigenvalue weighted by molar-refractivity contribution is 1.13. The summed E-state index contributed by atoms with van der Waals surface area (Å²) in [6.45, 7) is 0. The van der Waals surface area contributed by atoms with Crippen molar-refractivity contribution in [3.63, 3.8) is 0 Å². The Morgan fingerprint density at radius 1 is 0.381 bits per heavy atom. The van der Waals surface area contributed by atoms with Gasteiger partial charge in [-0.25, -0.2) is 0 Å². The summed E-state index contributed by atoms with van der Waals surface area (Å²) in [6.07, 6.45) is 2.16. The van der Waals surface area contributed by atoms with Gasteiger partial charge in [0.1, 0.15) is 0 Å². The minimum absolute atomic E-state index is 1.17. The van der Waals surface area contributed by atoms with Crippen LogP contribution in [0.4, 0.5) is 0 Å². The third-order valence-corrected chi connectivity index (χ3v) is 8.71. The zero-order valence-electron chi connectivity index (χ0n) is 22.9. The average Bonchev–Trinajstić information content (AvgIpc) is 3.65. The Hall–Kier alpha value is -5.60. The van der Waals surface area contributed by atoms with Gasteiger partial charge in [-0.1, -0.05) is 103 Å². The standard InChI is InChI=1S/C40H26N2/c1-3-11-30(12-4-1)41-24-23-27-19-20-29(26-38(27)41)28-21-22-37-36(25-28)39-34-17-9-7-15-32(34)33-16-8-10-18-35(33)40(39)42(37)31-13-5-2-6-14-31/h1-26H. The summed E-state index contributed by atoms with van der Waals surface area (Å²) in [4.78, 5) is 0. The van der Waals surface area contributed by atoms with Gasteiger partial charge in [0.2, 0.25) is 0 Å². The van der Waals surface area contributed by atoms with Crippen molar-refractivity contribution in [2.75, 3.05) is 0 Å². The summed E-state index contributed by atoms with van der Waals surface area (Å²) in [5.41, 5.74) is 8.46. The molecule has 0 spiro atoms. The SMILES string of the molecule is c1ccc(-n2ccc3ccc(-c4ccc5c(c4)c4c6ccccc6c6ccccc6c4n5-c4ccccc4)cc32)cc1. The second kappa shape index (κ2) is 8.95. The Bertz CT molecular complexity index is 2440. The van der Waals surface area contributed by atoms with Gasteiger partial charge in [-0.2, -0.15) is 0 Å². The molecule has 0 aliphatic carbocycles. The van der Waals surface area contributed by atoms with Crippen LogP contribution in [-0.4, -0.2) is 9.13 Å². The van der Waals surface area contributed by atoms with Crippen LogP contribution in [0, 0.1) is 0 Å². The van der Waals surface area contributed by atoms with Gasteiger partial charge in [-0.05, 0) is 81.2 Å². The van der Waals surface area contributed by atoms with Crippen molar-refractivity contribution < 1.29 is 0 Å². The lowest BCUT2D eigenvalue weighted by Crippen LogP contribution is -1.94. The molecule has 0 saturated heterocycles. The first kappa shape index (κ1) is 23.1. The largest absolute Gasteiger partial charge is 0.317 e. The second-order valence-electron chi connectivity index (χ2n) is 11.0. The molecule has 42 heavy (non-hydrogen) atoms. The number of benzene rings is 7. The molecule has 0 N–H and O–H groups in total. The third-order valence-electron chi connectivity index (χ3n) is 8.71. The van der Waals surface area contributed by atoms with Crippen LogP contribution in [0.2, 0.25) is 0 Å². The van der Waals surface area contributed by atoms with Crippen molar-refractivity contribution in [3.8, 4) is 22.5 Å². The van der Waals surface area contributed by atoms with Gasteiger partial charge in [-0.3, -0.25) is 0 Å². The minimum Gasteiger partial charge on any atom is -0.317 e. The van der Waals surface area contributed by atoms with Gasteiger partial charge in [0.15, 0.2) is 0 Å². The van der Waals surface area contributed by atoms with E-state index in [-0.39, 0.29) is 0 Å². The molecule has 0 radical (unpaired) electrons. The van der Waals surface area contributed by atoms with Gasteiger partial charge in [0.25, 0.3) is 0 Å². The molecule has 9 rings (SSSR count). The Balaban J connectivity index is 1.38. The zero-order valence-corrected chi connectivity index (χ0v) is 22.9. The fourth-order valence-corrected chi connectivity index (χ4v) is 6.83. The van der Waals surface area contributed by atoms with Crippen molar-refractivity contribution >= 4 is 54.3 Å². The monoisotopic (exact) mass is 534 g/mol. The molecule has 2 heterocycles. The van der Waals surface area contributed by atoms with Crippen molar-refractivity contribution in [3.05, 3.63) is 158 Å². The molecule has 0 bridgehead atoms. The van der Waals surface area contributed by atoms with Gasteiger partial charge in [0, 0.05) is 33.7 Å². The van der Waals surface area contributed by atoms with Gasteiger partial charge < -0.3 is 9.13 Å². The Morgan fingerprint density at radius 3 is 1.74 bits per heavy atom. The molecule has 0 saturated carbocycles. The van der Waals surface area contributed by atoms with Crippen LogP contribution in [0.5, 0.6) is 0 Å². The summed E-state index contributed by atoms with van der Waals surface area (Å²) < 4.78 is 4.73. The van der Waals surface area contributed by atoms with Crippen LogP contribution in [-0.2, 0) is 0 Å². The Labute approximate surface area is 243 Å². The molecule has 0 aliphatic rings. The number of rotatable bonds is 3. The van der Waals surface area contributed by atoms with Crippen molar-refractivity contribution in [2.24, 2.45) is 0 Å². The quantitative estimate of drug-likeness (QED) is 0.200. The van der Waals surface area contributed by atoms with Crippen molar-refractivity contribution in [1.82, 2.24) is 9.13 Å². The molecular formula is C40H26N2.